The molecule has 2 aromatic rings. The third-order valence-electron chi connectivity index (χ3n) is 5.82. The number of halogens is 2. The molecular weight excluding hydrogens is 499 g/mol. The Hall–Kier alpha value is -3.02. The van der Waals surface area contributed by atoms with Gasteiger partial charge in [0, 0.05) is 27.1 Å². The predicted molar refractivity (Wildman–Crippen MR) is 130 cm³/mol. The van der Waals surface area contributed by atoms with Gasteiger partial charge in [-0.15, -0.1) is 0 Å². The summed E-state index contributed by atoms with van der Waals surface area (Å²) < 4.78 is 42.2. The van der Waals surface area contributed by atoms with Crippen LogP contribution in [0.2, 0.25) is 5.02 Å². The van der Waals surface area contributed by atoms with Crippen LogP contribution >= 0.6 is 11.6 Å². The van der Waals surface area contributed by atoms with Crippen molar-refractivity contribution in [3.8, 4) is 0 Å². The minimum atomic E-state index is -4.17. The van der Waals surface area contributed by atoms with Crippen molar-refractivity contribution in [3.05, 3.63) is 63.9 Å². The molecule has 0 radical (unpaired) electrons. The second-order valence-electron chi connectivity index (χ2n) is 8.60. The van der Waals surface area contributed by atoms with E-state index in [9.17, 15) is 27.2 Å². The molecule has 0 bridgehead atoms. The summed E-state index contributed by atoms with van der Waals surface area (Å²) in [6.07, 6.45) is 0. The maximum atomic E-state index is 14.3. The predicted octanol–water partition coefficient (Wildman–Crippen LogP) is 2.54. The average molecular weight is 525 g/mol. The van der Waals surface area contributed by atoms with Crippen molar-refractivity contribution < 1.29 is 27.2 Å². The van der Waals surface area contributed by atoms with E-state index in [4.69, 9.17) is 11.6 Å². The maximum Gasteiger partial charge on any atom is 0.303 e. The monoisotopic (exact) mass is 524 g/mol. The smallest absolute Gasteiger partial charge is 0.303 e. The van der Waals surface area contributed by atoms with E-state index in [1.165, 1.54) is 7.05 Å². The Balaban J connectivity index is 2.08. The van der Waals surface area contributed by atoms with E-state index in [0.717, 1.165) is 28.9 Å². The molecule has 35 heavy (non-hydrogen) atoms. The Morgan fingerprint density at radius 3 is 2.34 bits per heavy atom. The molecule has 1 aliphatic rings. The molecule has 1 saturated heterocycles. The van der Waals surface area contributed by atoms with Crippen LogP contribution < -0.4 is 15.4 Å². The quantitative estimate of drug-likeness (QED) is 0.513. The minimum absolute atomic E-state index is 0.00582. The summed E-state index contributed by atoms with van der Waals surface area (Å²) in [5.41, 5.74) is -0.101. The summed E-state index contributed by atoms with van der Waals surface area (Å²) in [6.45, 7) is 4.41. The molecule has 0 saturated carbocycles. The zero-order valence-corrected chi connectivity index (χ0v) is 21.2. The number of nitrogens with one attached hydrogen (secondary N) is 3. The number of nitrogens with zero attached hydrogens (tertiary/aromatic N) is 1. The number of rotatable bonds is 7. The summed E-state index contributed by atoms with van der Waals surface area (Å²) in [7, 11) is -2.79. The topological polar surface area (TPSA) is 125 Å². The lowest BCUT2D eigenvalue weighted by Gasteiger charge is -2.48. The molecule has 2 aromatic carbocycles. The van der Waals surface area contributed by atoms with Crippen molar-refractivity contribution in [1.29, 1.82) is 0 Å². The van der Waals surface area contributed by atoms with Gasteiger partial charge in [-0.2, -0.15) is 12.7 Å². The minimum Gasteiger partial charge on any atom is -0.355 e. The van der Waals surface area contributed by atoms with Crippen molar-refractivity contribution in [1.82, 2.24) is 14.3 Å². The van der Waals surface area contributed by atoms with E-state index in [-0.39, 0.29) is 35.3 Å². The fraction of sp³-hybridized carbons (Fsp3) is 0.348. The van der Waals surface area contributed by atoms with Crippen LogP contribution in [0.5, 0.6) is 0 Å². The third kappa shape index (κ3) is 5.16. The molecule has 9 nitrogen and oxygen atoms in total. The van der Waals surface area contributed by atoms with Crippen molar-refractivity contribution in [2.75, 3.05) is 25.5 Å². The molecule has 1 fully saturated rings. The number of carbonyl (C=O) groups excluding carboxylic acids is 3. The molecule has 3 rings (SSSR count). The van der Waals surface area contributed by atoms with Crippen LogP contribution in [0.3, 0.4) is 0 Å². The van der Waals surface area contributed by atoms with Gasteiger partial charge in [-0.1, -0.05) is 49.7 Å². The largest absolute Gasteiger partial charge is 0.355 e. The molecule has 188 valence electrons. The first-order valence-electron chi connectivity index (χ1n) is 10.7. The van der Waals surface area contributed by atoms with Crippen LogP contribution in [0.25, 0.3) is 0 Å². The van der Waals surface area contributed by atoms with Crippen molar-refractivity contribution >= 4 is 45.2 Å². The van der Waals surface area contributed by atoms with E-state index in [1.54, 1.807) is 12.1 Å². The highest BCUT2D eigenvalue weighted by atomic mass is 35.5. The van der Waals surface area contributed by atoms with Crippen molar-refractivity contribution in [3.63, 3.8) is 0 Å². The zero-order valence-electron chi connectivity index (χ0n) is 19.6. The van der Waals surface area contributed by atoms with E-state index in [2.05, 4.69) is 10.6 Å². The highest BCUT2D eigenvalue weighted by molar-refractivity contribution is 7.87. The fourth-order valence-corrected chi connectivity index (χ4v) is 5.50. The maximum absolute atomic E-state index is 14.3. The van der Waals surface area contributed by atoms with Gasteiger partial charge in [0.05, 0.1) is 16.3 Å². The number of hydrogen-bond acceptors (Lipinski definition) is 5. The van der Waals surface area contributed by atoms with E-state index >= 15 is 0 Å². The van der Waals surface area contributed by atoms with E-state index < -0.39 is 39.2 Å². The molecule has 0 aliphatic carbocycles. The Morgan fingerprint density at radius 1 is 1.14 bits per heavy atom. The lowest BCUT2D eigenvalue weighted by molar-refractivity contribution is -0.125. The first kappa shape index (κ1) is 26.6. The number of hydrogen-bond donors (Lipinski definition) is 3. The Labute approximate surface area is 208 Å². The third-order valence-corrected chi connectivity index (χ3v) is 7.59. The number of carbonyl (C=O) groups is 3. The van der Waals surface area contributed by atoms with Gasteiger partial charge < -0.3 is 10.6 Å². The van der Waals surface area contributed by atoms with Crippen LogP contribution in [-0.4, -0.2) is 50.6 Å². The molecule has 0 unspecified atom stereocenters. The van der Waals surface area contributed by atoms with Gasteiger partial charge in [-0.3, -0.25) is 14.4 Å². The average Bonchev–Trinajstić information content (AvgIpc) is 2.74. The van der Waals surface area contributed by atoms with Crippen LogP contribution in [0.1, 0.15) is 48.2 Å². The standard InChI is InChI=1S/C23H26ClFN4O5S/c1-13(2)15-7-5-6-8-17(15)23(11-29(12-23)35(33,34)28-14(3)30)22(32)27-20-10-19(25)18(24)9-16(20)21(31)26-4/h5-10,13H,11-12H2,1-4H3,(H,26,31)(H,27,32)(H,28,30). The lowest BCUT2D eigenvalue weighted by Crippen LogP contribution is -2.68. The van der Waals surface area contributed by atoms with E-state index in [0.29, 0.717) is 5.56 Å². The van der Waals surface area contributed by atoms with Crippen LogP contribution in [-0.2, 0) is 25.2 Å². The second-order valence-corrected chi connectivity index (χ2v) is 10.7. The molecule has 3 N–H and O–H groups in total. The van der Waals surface area contributed by atoms with E-state index in [1.807, 2.05) is 30.7 Å². The first-order chi connectivity index (χ1) is 16.3. The van der Waals surface area contributed by atoms with Gasteiger partial charge in [-0.05, 0) is 29.2 Å². The molecule has 0 aromatic heterocycles. The van der Waals surface area contributed by atoms with Gasteiger partial charge in [0.25, 0.3) is 5.91 Å². The van der Waals surface area contributed by atoms with Gasteiger partial charge >= 0.3 is 10.2 Å². The highest BCUT2D eigenvalue weighted by Crippen LogP contribution is 2.41. The van der Waals surface area contributed by atoms with Crippen molar-refractivity contribution in [2.24, 2.45) is 0 Å². The normalized spacial score (nSPS) is 15.3. The molecule has 3 amide bonds. The van der Waals surface area contributed by atoms with Gasteiger partial charge in [0.15, 0.2) is 0 Å². The molecule has 1 heterocycles. The van der Waals surface area contributed by atoms with Crippen LogP contribution in [0.4, 0.5) is 10.1 Å². The second kappa shape index (κ2) is 9.92. The molecule has 0 spiro atoms. The molecule has 12 heteroatoms. The Bertz CT molecular complexity index is 1290. The summed E-state index contributed by atoms with van der Waals surface area (Å²) in [5, 5.41) is 4.72. The number of anilines is 1. The summed E-state index contributed by atoms with van der Waals surface area (Å²) in [5.74, 6) is -2.82. The lowest BCUT2D eigenvalue weighted by atomic mass is 9.71. The first-order valence-corrected chi connectivity index (χ1v) is 12.5. The molecular formula is C23H26ClFN4O5S. The van der Waals surface area contributed by atoms with Gasteiger partial charge in [0.1, 0.15) is 11.2 Å². The Morgan fingerprint density at radius 2 is 1.77 bits per heavy atom. The summed E-state index contributed by atoms with van der Waals surface area (Å²) in [4.78, 5) is 37.4. The Kier molecular flexibility index (Phi) is 7.53. The number of amides is 3. The zero-order chi connectivity index (χ0) is 26.1. The fourth-order valence-electron chi connectivity index (χ4n) is 4.06. The van der Waals surface area contributed by atoms with Crippen molar-refractivity contribution in [2.45, 2.75) is 32.1 Å². The molecule has 1 aliphatic heterocycles. The number of benzene rings is 2. The van der Waals surface area contributed by atoms with Crippen LogP contribution in [0.15, 0.2) is 36.4 Å². The summed E-state index contributed by atoms with van der Waals surface area (Å²) in [6, 6.07) is 9.18. The SMILES string of the molecule is CNC(=O)c1cc(Cl)c(F)cc1NC(=O)C1(c2ccccc2C(C)C)CN(S(=O)(=O)NC(C)=O)C1. The molecule has 0 atom stereocenters. The van der Waals surface area contributed by atoms with Crippen LogP contribution in [0, 0.1) is 5.82 Å². The van der Waals surface area contributed by atoms with Gasteiger partial charge in [-0.25, -0.2) is 9.11 Å². The summed E-state index contributed by atoms with van der Waals surface area (Å²) >= 11 is 5.84. The highest BCUT2D eigenvalue weighted by Gasteiger charge is 2.55. The van der Waals surface area contributed by atoms with Gasteiger partial charge in [0.2, 0.25) is 11.8 Å².